The number of pyridine rings is 1. The van der Waals surface area contributed by atoms with E-state index in [2.05, 4.69) is 0 Å². The van der Waals surface area contributed by atoms with Crippen molar-refractivity contribution in [3.05, 3.63) is 53.0 Å². The van der Waals surface area contributed by atoms with Crippen molar-refractivity contribution in [3.63, 3.8) is 0 Å². The molecule has 0 spiro atoms. The molecular weight excluding hydrogens is 503 g/mol. The van der Waals surface area contributed by atoms with E-state index in [1.807, 2.05) is 13.8 Å². The minimum Gasteiger partial charge on any atom is -0.481 e. The summed E-state index contributed by atoms with van der Waals surface area (Å²) < 4.78 is 46.5. The molecule has 0 aliphatic carbocycles. The molecule has 2 aromatic rings. The molecule has 3 atom stereocenters. The maximum Gasteiger partial charge on any atom is 0.305 e. The van der Waals surface area contributed by atoms with Crippen molar-refractivity contribution in [2.45, 2.75) is 64.4 Å². The number of nitrogens with zero attached hydrogens (tertiary/aromatic N) is 2. The van der Waals surface area contributed by atoms with Crippen molar-refractivity contribution in [2.75, 3.05) is 17.1 Å². The molecular formula is C26H33FN2O7S. The van der Waals surface area contributed by atoms with Crippen LogP contribution in [0.25, 0.3) is 17.2 Å². The van der Waals surface area contributed by atoms with Crippen LogP contribution in [0.4, 0.5) is 10.2 Å². The third-order valence-corrected chi connectivity index (χ3v) is 7.13. The van der Waals surface area contributed by atoms with E-state index in [4.69, 9.17) is 14.8 Å². The fourth-order valence-electron chi connectivity index (χ4n) is 4.28. The Morgan fingerprint density at radius 2 is 1.92 bits per heavy atom. The van der Waals surface area contributed by atoms with E-state index in [0.717, 1.165) is 6.26 Å². The molecule has 37 heavy (non-hydrogen) atoms. The van der Waals surface area contributed by atoms with Crippen LogP contribution in [0.3, 0.4) is 0 Å². The maximum atomic E-state index is 13.8. The van der Waals surface area contributed by atoms with Gasteiger partial charge >= 0.3 is 5.97 Å². The quantitative estimate of drug-likeness (QED) is 0.444. The molecule has 3 rings (SSSR count). The Hall–Kier alpha value is -2.86. The smallest absolute Gasteiger partial charge is 0.305 e. The molecule has 0 fully saturated rings. The standard InChI is InChI=1S/C26H33FN2O7S/c1-15(2)25-21(10-9-19(30)11-20(31)12-23(32)33)24(17-5-7-18(27)8-6-17)22-14-36-16(3)13-29(26(22)28-25)37(4,34)35/h5-10,15-16,19-20,30-31H,11-14H2,1-4H3,(H,32,33)/t16-,19+,20+/m0/s1. The summed E-state index contributed by atoms with van der Waals surface area (Å²) in [6.07, 6.45) is 0.673. The number of carboxylic acid groups (broad SMARTS) is 1. The summed E-state index contributed by atoms with van der Waals surface area (Å²) in [6.45, 7) is 5.70. The van der Waals surface area contributed by atoms with E-state index in [0.29, 0.717) is 27.9 Å². The zero-order valence-electron chi connectivity index (χ0n) is 21.3. The number of hydrogen-bond donors (Lipinski definition) is 3. The second kappa shape index (κ2) is 11.7. The fourth-order valence-corrected chi connectivity index (χ4v) is 5.23. The lowest BCUT2D eigenvalue weighted by molar-refractivity contribution is -0.139. The molecule has 9 nitrogen and oxygen atoms in total. The number of aliphatic carboxylic acids is 1. The summed E-state index contributed by atoms with van der Waals surface area (Å²) in [4.78, 5) is 15.6. The Kier molecular flexibility index (Phi) is 9.06. The lowest BCUT2D eigenvalue weighted by Crippen LogP contribution is -2.36. The number of halogens is 1. The Bertz CT molecular complexity index is 1260. The molecule has 202 valence electrons. The molecule has 0 saturated heterocycles. The normalized spacial score (nSPS) is 18.1. The van der Waals surface area contributed by atoms with Crippen molar-refractivity contribution in [1.29, 1.82) is 0 Å². The first kappa shape index (κ1) is 28.7. The molecule has 1 aromatic heterocycles. The highest BCUT2D eigenvalue weighted by Gasteiger charge is 2.32. The van der Waals surface area contributed by atoms with E-state index in [-0.39, 0.29) is 31.3 Å². The van der Waals surface area contributed by atoms with E-state index >= 15 is 0 Å². The number of aliphatic hydroxyl groups excluding tert-OH is 2. The lowest BCUT2D eigenvalue weighted by atomic mass is 9.90. The number of anilines is 1. The number of hydrogen-bond acceptors (Lipinski definition) is 7. The van der Waals surface area contributed by atoms with E-state index in [1.54, 1.807) is 25.1 Å². The van der Waals surface area contributed by atoms with Gasteiger partial charge in [-0.1, -0.05) is 38.1 Å². The van der Waals surface area contributed by atoms with Gasteiger partial charge < -0.3 is 20.1 Å². The molecule has 0 radical (unpaired) electrons. The Labute approximate surface area is 216 Å². The highest BCUT2D eigenvalue weighted by molar-refractivity contribution is 7.92. The molecule has 3 N–H and O–H groups in total. The highest BCUT2D eigenvalue weighted by Crippen LogP contribution is 2.40. The number of rotatable bonds is 9. The zero-order chi connectivity index (χ0) is 27.5. The van der Waals surface area contributed by atoms with Crippen LogP contribution in [-0.4, -0.2) is 65.8 Å². The maximum absolute atomic E-state index is 13.8. The summed E-state index contributed by atoms with van der Waals surface area (Å²) in [5.74, 6) is -1.54. The Morgan fingerprint density at radius 1 is 1.27 bits per heavy atom. The van der Waals surface area contributed by atoms with Crippen LogP contribution in [0.5, 0.6) is 0 Å². The van der Waals surface area contributed by atoms with Gasteiger partial charge in [-0.2, -0.15) is 0 Å². The number of aliphatic hydroxyl groups is 2. The molecule has 2 heterocycles. The SMILES string of the molecule is CC(C)c1nc2c(c(-c3ccc(F)cc3)c1C=C[C@@H](O)C[C@@H](O)CC(=O)O)CO[C@@H](C)CN2S(C)(=O)=O. The molecule has 0 amide bonds. The summed E-state index contributed by atoms with van der Waals surface area (Å²) in [7, 11) is -3.71. The van der Waals surface area contributed by atoms with Crippen molar-refractivity contribution >= 4 is 27.9 Å². The number of aromatic nitrogens is 1. The first-order valence-corrected chi connectivity index (χ1v) is 13.8. The van der Waals surface area contributed by atoms with Gasteiger partial charge in [0.25, 0.3) is 0 Å². The van der Waals surface area contributed by atoms with Gasteiger partial charge in [-0.25, -0.2) is 17.8 Å². The van der Waals surface area contributed by atoms with E-state index in [1.165, 1.54) is 22.5 Å². The predicted octanol–water partition coefficient (Wildman–Crippen LogP) is 3.30. The van der Waals surface area contributed by atoms with Crippen LogP contribution in [0.2, 0.25) is 0 Å². The van der Waals surface area contributed by atoms with Gasteiger partial charge in [-0.3, -0.25) is 9.10 Å². The minimum atomic E-state index is -3.71. The number of carbonyl (C=O) groups is 1. The van der Waals surface area contributed by atoms with Gasteiger partial charge in [0.1, 0.15) is 11.6 Å². The third kappa shape index (κ3) is 7.13. The zero-order valence-corrected chi connectivity index (χ0v) is 22.1. The second-order valence-electron chi connectivity index (χ2n) is 9.58. The van der Waals surface area contributed by atoms with Crippen LogP contribution in [0, 0.1) is 5.82 Å². The van der Waals surface area contributed by atoms with Gasteiger partial charge in [0, 0.05) is 17.5 Å². The van der Waals surface area contributed by atoms with Gasteiger partial charge in [0.15, 0.2) is 0 Å². The van der Waals surface area contributed by atoms with Crippen LogP contribution in [0.15, 0.2) is 30.3 Å². The van der Waals surface area contributed by atoms with Crippen molar-refractivity contribution < 1.29 is 37.7 Å². The Morgan fingerprint density at radius 3 is 2.49 bits per heavy atom. The van der Waals surface area contributed by atoms with Gasteiger partial charge in [0.05, 0.1) is 49.8 Å². The number of benzene rings is 1. The molecule has 0 bridgehead atoms. The summed E-state index contributed by atoms with van der Waals surface area (Å²) in [5.41, 5.74) is 2.83. The number of ether oxygens (including phenoxy) is 1. The highest BCUT2D eigenvalue weighted by atomic mass is 32.2. The van der Waals surface area contributed by atoms with Crippen LogP contribution in [0.1, 0.15) is 56.4 Å². The number of fused-ring (bicyclic) bond motifs is 1. The molecule has 11 heteroatoms. The van der Waals surface area contributed by atoms with Crippen LogP contribution >= 0.6 is 0 Å². The first-order valence-electron chi connectivity index (χ1n) is 12.0. The van der Waals surface area contributed by atoms with E-state index < -0.39 is 46.5 Å². The molecule has 0 unspecified atom stereocenters. The Balaban J connectivity index is 2.26. The van der Waals surface area contributed by atoms with Crippen molar-refractivity contribution in [3.8, 4) is 11.1 Å². The molecule has 1 aliphatic heterocycles. The monoisotopic (exact) mass is 536 g/mol. The molecule has 0 saturated carbocycles. The van der Waals surface area contributed by atoms with E-state index in [9.17, 15) is 27.8 Å². The van der Waals surface area contributed by atoms with Crippen molar-refractivity contribution in [2.24, 2.45) is 0 Å². The molecule has 1 aliphatic rings. The summed E-state index contributed by atoms with van der Waals surface area (Å²) in [5, 5.41) is 29.2. The minimum absolute atomic E-state index is 0.0569. The summed E-state index contributed by atoms with van der Waals surface area (Å²) >= 11 is 0. The first-order chi connectivity index (χ1) is 17.3. The van der Waals surface area contributed by atoms with Crippen LogP contribution in [-0.2, 0) is 26.2 Å². The average molecular weight is 537 g/mol. The second-order valence-corrected chi connectivity index (χ2v) is 11.5. The lowest BCUT2D eigenvalue weighted by Gasteiger charge is -2.26. The number of sulfonamides is 1. The van der Waals surface area contributed by atoms with Gasteiger partial charge in [-0.05, 0) is 36.1 Å². The summed E-state index contributed by atoms with van der Waals surface area (Å²) in [6, 6.07) is 5.77. The van der Waals surface area contributed by atoms with Crippen molar-refractivity contribution in [1.82, 2.24) is 4.98 Å². The van der Waals surface area contributed by atoms with Gasteiger partial charge in [-0.15, -0.1) is 0 Å². The number of carboxylic acids is 1. The fraction of sp³-hybridized carbons (Fsp3) is 0.462. The largest absolute Gasteiger partial charge is 0.481 e. The average Bonchev–Trinajstić information content (AvgIpc) is 2.95. The molecule has 1 aromatic carbocycles. The van der Waals surface area contributed by atoms with Crippen LogP contribution < -0.4 is 4.31 Å². The third-order valence-electron chi connectivity index (χ3n) is 6.00. The predicted molar refractivity (Wildman–Crippen MR) is 138 cm³/mol. The topological polar surface area (TPSA) is 137 Å². The van der Waals surface area contributed by atoms with Gasteiger partial charge in [0.2, 0.25) is 10.0 Å².